The number of guanidine groups is 1. The van der Waals surface area contributed by atoms with E-state index < -0.39 is 42.6 Å². The van der Waals surface area contributed by atoms with Crippen LogP contribution in [0.4, 0.5) is 0 Å². The molecule has 1 amide bonds. The average Bonchev–Trinajstić information content (AvgIpc) is 2.49. The minimum atomic E-state index is -1.42. The molecular weight excluding hydrogens is 324 g/mol. The van der Waals surface area contributed by atoms with E-state index in [2.05, 4.69) is 10.3 Å². The first-order valence-electron chi connectivity index (χ1n) is 6.76. The van der Waals surface area contributed by atoms with Crippen LogP contribution in [-0.4, -0.2) is 65.2 Å². The minimum Gasteiger partial charge on any atom is -0.475 e. The van der Waals surface area contributed by atoms with Crippen LogP contribution in [0.15, 0.2) is 28.2 Å². The standard InChI is InChI=1S/C13H20N4O7/c1-5(19)16-9-6(17-13(14)15)3-8(12(21)22)24-11(9)10(23-2)7(20)4-18/h3,7,10-11,18,20H,4H2,1-2H3,(H,16,19)(H,21,22)(H4,14,15,17)/t7-,10-,11-/m1/s1. The van der Waals surface area contributed by atoms with E-state index >= 15 is 0 Å². The van der Waals surface area contributed by atoms with Crippen molar-refractivity contribution < 1.29 is 34.4 Å². The van der Waals surface area contributed by atoms with Gasteiger partial charge in [0.15, 0.2) is 12.1 Å². The zero-order chi connectivity index (χ0) is 18.4. The Morgan fingerprint density at radius 2 is 2.12 bits per heavy atom. The molecule has 1 aliphatic heterocycles. The van der Waals surface area contributed by atoms with Crippen molar-refractivity contribution in [3.05, 3.63) is 23.2 Å². The number of nitrogens with zero attached hydrogens (tertiary/aromatic N) is 1. The number of aliphatic carboxylic acids is 1. The Kier molecular flexibility index (Phi) is 6.70. The predicted octanol–water partition coefficient (Wildman–Crippen LogP) is -2.66. The second-order valence-corrected chi connectivity index (χ2v) is 4.82. The van der Waals surface area contributed by atoms with Gasteiger partial charge in [0.2, 0.25) is 11.7 Å². The zero-order valence-electron chi connectivity index (χ0n) is 13.1. The third-order valence-electron chi connectivity index (χ3n) is 2.99. The van der Waals surface area contributed by atoms with E-state index in [0.29, 0.717) is 0 Å². The molecular formula is C13H20N4O7. The number of carboxylic acids is 1. The lowest BCUT2D eigenvalue weighted by Gasteiger charge is -2.33. The maximum Gasteiger partial charge on any atom is 0.371 e. The van der Waals surface area contributed by atoms with Crippen LogP contribution in [0.3, 0.4) is 0 Å². The van der Waals surface area contributed by atoms with Crippen molar-refractivity contribution in [3.8, 4) is 0 Å². The van der Waals surface area contributed by atoms with E-state index in [1.165, 1.54) is 14.0 Å². The summed E-state index contributed by atoms with van der Waals surface area (Å²) in [7, 11) is 1.22. The fraction of sp³-hybridized carbons (Fsp3) is 0.462. The summed E-state index contributed by atoms with van der Waals surface area (Å²) in [5, 5.41) is 30.6. The second-order valence-electron chi connectivity index (χ2n) is 4.82. The van der Waals surface area contributed by atoms with Gasteiger partial charge in [-0.25, -0.2) is 9.79 Å². The number of aliphatic hydroxyl groups is 2. The van der Waals surface area contributed by atoms with Crippen LogP contribution in [0.5, 0.6) is 0 Å². The number of aliphatic imine (C=N–C) groups is 1. The molecule has 0 unspecified atom stereocenters. The summed E-state index contributed by atoms with van der Waals surface area (Å²) in [6.45, 7) is 0.521. The van der Waals surface area contributed by atoms with Gasteiger partial charge in [-0.2, -0.15) is 0 Å². The van der Waals surface area contributed by atoms with Gasteiger partial charge in [0.05, 0.1) is 18.0 Å². The smallest absolute Gasteiger partial charge is 0.371 e. The molecule has 0 aromatic rings. The molecule has 24 heavy (non-hydrogen) atoms. The van der Waals surface area contributed by atoms with Crippen LogP contribution < -0.4 is 16.8 Å². The lowest BCUT2D eigenvalue weighted by atomic mass is 10.0. The molecule has 0 aromatic heterocycles. The van der Waals surface area contributed by atoms with Crippen molar-refractivity contribution in [2.45, 2.75) is 25.2 Å². The summed E-state index contributed by atoms with van der Waals surface area (Å²) in [5.74, 6) is -2.84. The Labute approximate surface area is 137 Å². The normalized spacial score (nSPS) is 19.7. The van der Waals surface area contributed by atoms with Gasteiger partial charge >= 0.3 is 5.97 Å². The molecule has 0 radical (unpaired) electrons. The molecule has 134 valence electrons. The number of carboxylic acid groups (broad SMARTS) is 1. The number of hydrogen-bond donors (Lipinski definition) is 6. The molecule has 0 spiro atoms. The molecule has 0 saturated carbocycles. The Hall–Kier alpha value is -2.63. The van der Waals surface area contributed by atoms with Crippen molar-refractivity contribution >= 4 is 17.8 Å². The molecule has 1 heterocycles. The SMILES string of the molecule is CO[C@H]([C@H](O)CO)[C@@H]1OC(C(=O)O)=CC(N=C(N)N)=C1NC(C)=O. The van der Waals surface area contributed by atoms with E-state index in [0.717, 1.165) is 6.08 Å². The molecule has 8 N–H and O–H groups in total. The Bertz CT molecular complexity index is 595. The highest BCUT2D eigenvalue weighted by molar-refractivity contribution is 5.86. The lowest BCUT2D eigenvalue weighted by molar-refractivity contribution is -0.142. The van der Waals surface area contributed by atoms with Gasteiger partial charge in [-0.15, -0.1) is 0 Å². The largest absolute Gasteiger partial charge is 0.475 e. The first-order chi connectivity index (χ1) is 11.2. The number of aliphatic hydroxyl groups excluding tert-OH is 2. The fourth-order valence-corrected chi connectivity index (χ4v) is 2.06. The average molecular weight is 344 g/mol. The number of carbonyl (C=O) groups is 2. The predicted molar refractivity (Wildman–Crippen MR) is 81.1 cm³/mol. The van der Waals surface area contributed by atoms with Gasteiger partial charge in [0, 0.05) is 20.1 Å². The summed E-state index contributed by atoms with van der Waals surface area (Å²) >= 11 is 0. The molecule has 0 bridgehead atoms. The van der Waals surface area contributed by atoms with Gasteiger partial charge < -0.3 is 41.6 Å². The van der Waals surface area contributed by atoms with Crippen molar-refractivity contribution in [1.29, 1.82) is 0 Å². The fourth-order valence-electron chi connectivity index (χ4n) is 2.06. The van der Waals surface area contributed by atoms with Crippen LogP contribution in [0.1, 0.15) is 6.92 Å². The van der Waals surface area contributed by atoms with Gasteiger partial charge in [-0.1, -0.05) is 0 Å². The van der Waals surface area contributed by atoms with Crippen LogP contribution in [0.2, 0.25) is 0 Å². The molecule has 1 rings (SSSR count). The summed E-state index contributed by atoms with van der Waals surface area (Å²) in [6, 6.07) is 0. The van der Waals surface area contributed by atoms with Crippen LogP contribution in [-0.2, 0) is 19.1 Å². The molecule has 3 atom stereocenters. The van der Waals surface area contributed by atoms with Crippen molar-refractivity contribution in [2.24, 2.45) is 16.5 Å². The van der Waals surface area contributed by atoms with Crippen LogP contribution in [0.25, 0.3) is 0 Å². The lowest BCUT2D eigenvalue weighted by Crippen LogP contribution is -2.48. The Morgan fingerprint density at radius 3 is 2.54 bits per heavy atom. The zero-order valence-corrected chi connectivity index (χ0v) is 13.1. The molecule has 0 aromatic carbocycles. The number of ether oxygens (including phenoxy) is 2. The number of methoxy groups -OCH3 is 1. The van der Waals surface area contributed by atoms with Gasteiger partial charge in [-0.05, 0) is 0 Å². The van der Waals surface area contributed by atoms with E-state index in [1.807, 2.05) is 0 Å². The molecule has 0 aliphatic carbocycles. The number of allylic oxidation sites excluding steroid dienone is 1. The number of amides is 1. The van der Waals surface area contributed by atoms with Gasteiger partial charge in [0.25, 0.3) is 0 Å². The number of nitrogens with two attached hydrogens (primary N) is 2. The molecule has 11 heteroatoms. The highest BCUT2D eigenvalue weighted by Gasteiger charge is 2.39. The topological polar surface area (TPSA) is 190 Å². The van der Waals surface area contributed by atoms with Crippen LogP contribution in [0, 0.1) is 0 Å². The third-order valence-corrected chi connectivity index (χ3v) is 2.99. The number of carbonyl (C=O) groups excluding carboxylic acids is 1. The number of rotatable bonds is 7. The van der Waals surface area contributed by atoms with Gasteiger partial charge in [-0.3, -0.25) is 4.79 Å². The molecule has 1 aliphatic rings. The van der Waals surface area contributed by atoms with E-state index in [-0.39, 0.29) is 17.4 Å². The van der Waals surface area contributed by atoms with Gasteiger partial charge in [0.1, 0.15) is 12.2 Å². The molecule has 0 fully saturated rings. The first kappa shape index (κ1) is 19.4. The molecule has 0 saturated heterocycles. The summed E-state index contributed by atoms with van der Waals surface area (Å²) < 4.78 is 10.4. The molecule has 11 nitrogen and oxygen atoms in total. The summed E-state index contributed by atoms with van der Waals surface area (Å²) in [4.78, 5) is 26.5. The Morgan fingerprint density at radius 1 is 1.50 bits per heavy atom. The highest BCUT2D eigenvalue weighted by atomic mass is 16.6. The first-order valence-corrected chi connectivity index (χ1v) is 6.76. The second kappa shape index (κ2) is 8.29. The maximum absolute atomic E-state index is 11.5. The number of hydrogen-bond acceptors (Lipinski definition) is 7. The monoisotopic (exact) mass is 344 g/mol. The van der Waals surface area contributed by atoms with E-state index in [1.54, 1.807) is 0 Å². The Balaban J connectivity index is 3.50. The van der Waals surface area contributed by atoms with Crippen molar-refractivity contribution in [3.63, 3.8) is 0 Å². The summed E-state index contributed by atoms with van der Waals surface area (Å²) in [5.41, 5.74) is 10.5. The quantitative estimate of drug-likeness (QED) is 0.211. The summed E-state index contributed by atoms with van der Waals surface area (Å²) in [6.07, 6.45) is -2.89. The van der Waals surface area contributed by atoms with Crippen molar-refractivity contribution in [1.82, 2.24) is 5.32 Å². The third kappa shape index (κ3) is 4.68. The van der Waals surface area contributed by atoms with Crippen molar-refractivity contribution in [2.75, 3.05) is 13.7 Å². The van der Waals surface area contributed by atoms with E-state index in [4.69, 9.17) is 31.2 Å². The van der Waals surface area contributed by atoms with Crippen LogP contribution >= 0.6 is 0 Å². The highest BCUT2D eigenvalue weighted by Crippen LogP contribution is 2.27. The number of nitrogens with one attached hydrogen (secondary N) is 1. The maximum atomic E-state index is 11.5. The minimum absolute atomic E-state index is 0.0137. The van der Waals surface area contributed by atoms with E-state index in [9.17, 15) is 14.7 Å².